The van der Waals surface area contributed by atoms with Crippen molar-refractivity contribution in [2.75, 3.05) is 18.9 Å². The number of aryl methyl sites for hydroxylation is 1. The summed E-state index contributed by atoms with van der Waals surface area (Å²) in [7, 11) is 1.74. The Bertz CT molecular complexity index is 1400. The fourth-order valence-electron chi connectivity index (χ4n) is 3.59. The Morgan fingerprint density at radius 2 is 2.00 bits per heavy atom. The number of nitrogens with two attached hydrogens (primary N) is 1. The van der Waals surface area contributed by atoms with Gasteiger partial charge < -0.3 is 19.9 Å². The number of benzene rings is 2. The summed E-state index contributed by atoms with van der Waals surface area (Å²) in [6.45, 7) is 2.52. The van der Waals surface area contributed by atoms with Crippen LogP contribution in [0.1, 0.15) is 18.9 Å². The van der Waals surface area contributed by atoms with Gasteiger partial charge in [0.05, 0.1) is 24.1 Å². The largest absolute Gasteiger partial charge is 0.482 e. The zero-order chi connectivity index (χ0) is 24.0. The highest BCUT2D eigenvalue weighted by molar-refractivity contribution is 6.31. The first-order chi connectivity index (χ1) is 16.3. The van der Waals surface area contributed by atoms with E-state index in [0.29, 0.717) is 24.4 Å². The molecule has 3 heterocycles. The molecule has 5 rings (SSSR count). The third-order valence-electron chi connectivity index (χ3n) is 5.36. The Labute approximate surface area is 197 Å². The number of nitrogen functional groups attached to an aromatic ring is 1. The lowest BCUT2D eigenvalue weighted by Gasteiger charge is -2.29. The molecule has 1 atom stereocenters. The van der Waals surface area contributed by atoms with E-state index in [-0.39, 0.29) is 40.1 Å². The van der Waals surface area contributed by atoms with Gasteiger partial charge in [-0.05, 0) is 25.1 Å². The second kappa shape index (κ2) is 8.65. The maximum Gasteiger partial charge on any atom is 0.191 e. The van der Waals surface area contributed by atoms with Gasteiger partial charge in [-0.1, -0.05) is 11.6 Å². The minimum atomic E-state index is -0.933. The Hall–Kier alpha value is -3.57. The summed E-state index contributed by atoms with van der Waals surface area (Å²) >= 11 is 5.84. The van der Waals surface area contributed by atoms with E-state index in [0.717, 1.165) is 6.07 Å². The van der Waals surface area contributed by atoms with Crippen molar-refractivity contribution in [3.63, 3.8) is 0 Å². The third kappa shape index (κ3) is 3.86. The molecule has 0 saturated carbocycles. The predicted octanol–water partition coefficient (Wildman–Crippen LogP) is 3.86. The van der Waals surface area contributed by atoms with Crippen LogP contribution < -0.4 is 15.2 Å². The van der Waals surface area contributed by atoms with Crippen LogP contribution in [0.4, 0.5) is 14.6 Å². The maximum absolute atomic E-state index is 15.0. The summed E-state index contributed by atoms with van der Waals surface area (Å²) in [5, 5.41) is 3.96. The van der Waals surface area contributed by atoms with E-state index in [1.807, 2.05) is 0 Å². The van der Waals surface area contributed by atoms with Crippen molar-refractivity contribution >= 4 is 28.3 Å². The molecule has 2 aromatic heterocycles. The number of hydrogen-bond donors (Lipinski definition) is 1. The monoisotopic (exact) mass is 488 g/mol. The van der Waals surface area contributed by atoms with Gasteiger partial charge in [-0.15, -0.1) is 0 Å². The summed E-state index contributed by atoms with van der Waals surface area (Å²) in [5.74, 6) is -0.771. The molecule has 0 spiro atoms. The zero-order valence-electron chi connectivity index (χ0n) is 18.1. The van der Waals surface area contributed by atoms with Gasteiger partial charge in [-0.3, -0.25) is 4.68 Å². The minimum Gasteiger partial charge on any atom is -0.482 e. The molecule has 1 aliphatic heterocycles. The van der Waals surface area contributed by atoms with Crippen LogP contribution >= 0.6 is 11.6 Å². The Morgan fingerprint density at radius 3 is 2.68 bits per heavy atom. The standard InChI is InChI=1S/C22H19ClF2N6O3/c1-10(22-29-9-31(2)30-22)33-20-15(34-11-6-32-7-11)5-13(19-16(20)21(26)28-8-27-19)12-3-4-14(24)17(23)18(12)25/h3-5,8-11H,6-7H2,1-2H3,(H2,26,27,28)/t10-/m1/s1. The van der Waals surface area contributed by atoms with Gasteiger partial charge >= 0.3 is 0 Å². The Balaban J connectivity index is 1.73. The number of aromatic nitrogens is 5. The van der Waals surface area contributed by atoms with Gasteiger partial charge in [0, 0.05) is 18.2 Å². The van der Waals surface area contributed by atoms with Gasteiger partial charge in [-0.2, -0.15) is 5.10 Å². The molecule has 1 aliphatic rings. The molecule has 1 saturated heterocycles. The topological polar surface area (TPSA) is 110 Å². The average Bonchev–Trinajstić information content (AvgIpc) is 3.22. The summed E-state index contributed by atoms with van der Waals surface area (Å²) in [5.41, 5.74) is 6.82. The number of fused-ring (bicyclic) bond motifs is 1. The molecule has 2 N–H and O–H groups in total. The third-order valence-corrected chi connectivity index (χ3v) is 5.71. The first kappa shape index (κ1) is 22.2. The van der Waals surface area contributed by atoms with Gasteiger partial charge in [0.25, 0.3) is 0 Å². The molecule has 0 bridgehead atoms. The van der Waals surface area contributed by atoms with Gasteiger partial charge in [0.2, 0.25) is 0 Å². The molecule has 0 aliphatic carbocycles. The molecular weight excluding hydrogens is 470 g/mol. The van der Waals surface area contributed by atoms with Crippen molar-refractivity contribution in [3.8, 4) is 22.6 Å². The highest BCUT2D eigenvalue weighted by Gasteiger charge is 2.28. The van der Waals surface area contributed by atoms with Crippen LogP contribution in [-0.2, 0) is 11.8 Å². The molecule has 9 nitrogen and oxygen atoms in total. The summed E-state index contributed by atoms with van der Waals surface area (Å²) in [4.78, 5) is 12.6. The Kier molecular flexibility index (Phi) is 5.66. The number of nitrogens with zero attached hydrogens (tertiary/aromatic N) is 5. The van der Waals surface area contributed by atoms with Crippen molar-refractivity contribution in [2.24, 2.45) is 7.05 Å². The van der Waals surface area contributed by atoms with Crippen molar-refractivity contribution in [3.05, 3.63) is 53.3 Å². The van der Waals surface area contributed by atoms with Crippen molar-refractivity contribution in [2.45, 2.75) is 19.1 Å². The van der Waals surface area contributed by atoms with Crippen LogP contribution in [0.25, 0.3) is 22.0 Å². The molecule has 0 unspecified atom stereocenters. The normalized spacial score (nSPS) is 14.7. The van der Waals surface area contributed by atoms with Crippen LogP contribution in [-0.4, -0.2) is 44.1 Å². The number of anilines is 1. The molecule has 0 radical (unpaired) electrons. The molecule has 34 heavy (non-hydrogen) atoms. The maximum atomic E-state index is 15.0. The fourth-order valence-corrected chi connectivity index (χ4v) is 3.76. The van der Waals surface area contributed by atoms with Crippen LogP contribution in [0.2, 0.25) is 5.02 Å². The molecule has 4 aromatic rings. The van der Waals surface area contributed by atoms with Gasteiger partial charge in [0.15, 0.2) is 29.2 Å². The van der Waals surface area contributed by atoms with E-state index in [2.05, 4.69) is 20.1 Å². The summed E-state index contributed by atoms with van der Waals surface area (Å²) in [6.07, 6.45) is 1.96. The lowest BCUT2D eigenvalue weighted by Crippen LogP contribution is -2.38. The SMILES string of the molecule is C[C@@H](Oc1c(OC2COC2)cc(-c2ccc(F)c(Cl)c2F)c2ncnc(N)c12)c1ncn(C)n1. The van der Waals surface area contributed by atoms with Crippen LogP contribution in [0.15, 0.2) is 30.9 Å². The molecule has 0 amide bonds. The fraction of sp³-hybridized carbons (Fsp3) is 0.273. The highest BCUT2D eigenvalue weighted by atomic mass is 35.5. The number of ether oxygens (including phenoxy) is 3. The van der Waals surface area contributed by atoms with E-state index in [9.17, 15) is 4.39 Å². The highest BCUT2D eigenvalue weighted by Crippen LogP contribution is 2.46. The average molecular weight is 489 g/mol. The molecule has 1 fully saturated rings. The number of halogens is 3. The van der Waals surface area contributed by atoms with E-state index >= 15 is 4.39 Å². The van der Waals surface area contributed by atoms with Crippen LogP contribution in [0, 0.1) is 11.6 Å². The van der Waals surface area contributed by atoms with E-state index in [1.165, 1.54) is 12.4 Å². The second-order valence-electron chi connectivity index (χ2n) is 7.77. The first-order valence-corrected chi connectivity index (χ1v) is 10.7. The zero-order valence-corrected chi connectivity index (χ0v) is 18.9. The minimum absolute atomic E-state index is 0.0233. The van der Waals surface area contributed by atoms with Crippen LogP contribution in [0.5, 0.6) is 11.5 Å². The molecular formula is C22H19ClF2N6O3. The van der Waals surface area contributed by atoms with Crippen molar-refractivity contribution < 1.29 is 23.0 Å². The van der Waals surface area contributed by atoms with Gasteiger partial charge in [0.1, 0.15) is 35.4 Å². The second-order valence-corrected chi connectivity index (χ2v) is 8.15. The van der Waals surface area contributed by atoms with Crippen molar-refractivity contribution in [1.82, 2.24) is 24.7 Å². The van der Waals surface area contributed by atoms with E-state index < -0.39 is 22.8 Å². The smallest absolute Gasteiger partial charge is 0.191 e. The van der Waals surface area contributed by atoms with E-state index in [1.54, 1.807) is 31.0 Å². The molecule has 176 valence electrons. The predicted molar refractivity (Wildman–Crippen MR) is 120 cm³/mol. The summed E-state index contributed by atoms with van der Waals surface area (Å²) < 4.78 is 48.0. The summed E-state index contributed by atoms with van der Waals surface area (Å²) in [6, 6.07) is 3.92. The Morgan fingerprint density at radius 1 is 1.21 bits per heavy atom. The van der Waals surface area contributed by atoms with Gasteiger partial charge in [-0.25, -0.2) is 23.7 Å². The molecule has 12 heteroatoms. The number of hydrogen-bond acceptors (Lipinski definition) is 8. The lowest BCUT2D eigenvalue weighted by molar-refractivity contribution is -0.0806. The quantitative estimate of drug-likeness (QED) is 0.407. The first-order valence-electron chi connectivity index (χ1n) is 10.3. The number of rotatable bonds is 6. The van der Waals surface area contributed by atoms with Crippen molar-refractivity contribution in [1.29, 1.82) is 0 Å². The lowest BCUT2D eigenvalue weighted by atomic mass is 10.00. The van der Waals surface area contributed by atoms with E-state index in [4.69, 9.17) is 31.5 Å². The molecule has 2 aromatic carbocycles. The van der Waals surface area contributed by atoms with Crippen LogP contribution in [0.3, 0.4) is 0 Å².